The van der Waals surface area contributed by atoms with Gasteiger partial charge in [0.1, 0.15) is 11.6 Å². The number of hydrogen-bond donors (Lipinski definition) is 0. The molecule has 0 aliphatic heterocycles. The fourth-order valence-electron chi connectivity index (χ4n) is 2.19. The lowest BCUT2D eigenvalue weighted by atomic mass is 9.81. The van der Waals surface area contributed by atoms with Crippen LogP contribution in [-0.4, -0.2) is 5.33 Å². The third kappa shape index (κ3) is 2.29. The minimum absolute atomic E-state index is 0.0248. The fourth-order valence-corrected chi connectivity index (χ4v) is 2.84. The van der Waals surface area contributed by atoms with Crippen molar-refractivity contribution < 1.29 is 8.78 Å². The van der Waals surface area contributed by atoms with E-state index >= 15 is 0 Å². The van der Waals surface area contributed by atoms with Gasteiger partial charge in [0.15, 0.2) is 0 Å². The Morgan fingerprint density at radius 3 is 2.31 bits per heavy atom. The average molecular weight is 289 g/mol. The Bertz CT molecular complexity index is 367. The zero-order chi connectivity index (χ0) is 11.8. The highest BCUT2D eigenvalue weighted by Crippen LogP contribution is 2.48. The van der Waals surface area contributed by atoms with Gasteiger partial charge >= 0.3 is 0 Å². The Labute approximate surface area is 103 Å². The van der Waals surface area contributed by atoms with E-state index in [1.165, 1.54) is 31.0 Å². The van der Waals surface area contributed by atoms with E-state index in [0.717, 1.165) is 5.33 Å². The summed E-state index contributed by atoms with van der Waals surface area (Å²) in [7, 11) is 0. The van der Waals surface area contributed by atoms with Crippen LogP contribution in [0.15, 0.2) is 18.2 Å². The van der Waals surface area contributed by atoms with E-state index in [9.17, 15) is 8.78 Å². The van der Waals surface area contributed by atoms with E-state index in [1.807, 2.05) is 0 Å². The third-order valence-electron chi connectivity index (χ3n) is 3.51. The molecule has 0 bridgehead atoms. The molecular weight excluding hydrogens is 274 g/mol. The molecule has 3 heteroatoms. The van der Waals surface area contributed by atoms with Crippen LogP contribution in [0.2, 0.25) is 0 Å². The molecule has 0 spiro atoms. The second-order valence-corrected chi connectivity index (χ2v) is 5.50. The summed E-state index contributed by atoms with van der Waals surface area (Å²) in [6.45, 7) is 2.10. The number of rotatable bonds is 4. The average Bonchev–Trinajstić information content (AvgIpc) is 3.07. The molecule has 1 atom stereocenters. The molecule has 1 aromatic carbocycles. The summed E-state index contributed by atoms with van der Waals surface area (Å²) < 4.78 is 27.1. The first-order valence-corrected chi connectivity index (χ1v) is 6.68. The van der Waals surface area contributed by atoms with E-state index in [-0.39, 0.29) is 11.0 Å². The molecule has 1 unspecified atom stereocenters. The number of benzene rings is 1. The van der Waals surface area contributed by atoms with Crippen LogP contribution in [0.4, 0.5) is 8.78 Å². The molecule has 0 radical (unpaired) electrons. The molecule has 16 heavy (non-hydrogen) atoms. The molecule has 0 amide bonds. The van der Waals surface area contributed by atoms with Crippen molar-refractivity contribution in [1.29, 1.82) is 0 Å². The lowest BCUT2D eigenvalue weighted by Gasteiger charge is -2.27. The van der Waals surface area contributed by atoms with Crippen LogP contribution in [-0.2, 0) is 6.42 Å². The second kappa shape index (κ2) is 4.44. The van der Waals surface area contributed by atoms with Gasteiger partial charge in [-0.25, -0.2) is 8.78 Å². The summed E-state index contributed by atoms with van der Waals surface area (Å²) in [5.41, 5.74) is 0.208. The SMILES string of the molecule is CC(CBr)(Cc1c(F)cccc1F)C1CC1. The summed E-state index contributed by atoms with van der Waals surface area (Å²) in [4.78, 5) is 0. The lowest BCUT2D eigenvalue weighted by Crippen LogP contribution is -2.25. The summed E-state index contributed by atoms with van der Waals surface area (Å²) >= 11 is 3.47. The van der Waals surface area contributed by atoms with Crippen molar-refractivity contribution in [2.24, 2.45) is 11.3 Å². The van der Waals surface area contributed by atoms with Gasteiger partial charge < -0.3 is 0 Å². The van der Waals surface area contributed by atoms with Gasteiger partial charge in [-0.1, -0.05) is 28.9 Å². The monoisotopic (exact) mass is 288 g/mol. The maximum absolute atomic E-state index is 13.5. The zero-order valence-corrected chi connectivity index (χ0v) is 10.9. The summed E-state index contributed by atoms with van der Waals surface area (Å²) in [6.07, 6.45) is 2.83. The van der Waals surface area contributed by atoms with Crippen LogP contribution in [0.25, 0.3) is 0 Å². The quantitative estimate of drug-likeness (QED) is 0.724. The normalized spacial score (nSPS) is 19.5. The van der Waals surface area contributed by atoms with Crippen LogP contribution < -0.4 is 0 Å². The molecule has 0 nitrogen and oxygen atoms in total. The van der Waals surface area contributed by atoms with E-state index < -0.39 is 11.6 Å². The van der Waals surface area contributed by atoms with Gasteiger partial charge in [0, 0.05) is 10.9 Å². The molecule has 0 heterocycles. The Kier molecular flexibility index (Phi) is 3.34. The van der Waals surface area contributed by atoms with Crippen LogP contribution in [0.1, 0.15) is 25.3 Å². The molecule has 1 fully saturated rings. The van der Waals surface area contributed by atoms with Crippen LogP contribution >= 0.6 is 15.9 Å². The van der Waals surface area contributed by atoms with Crippen molar-refractivity contribution in [3.05, 3.63) is 35.4 Å². The Morgan fingerprint density at radius 1 is 1.31 bits per heavy atom. The molecule has 0 N–H and O–H groups in total. The molecule has 0 aromatic heterocycles. The van der Waals surface area contributed by atoms with Gasteiger partial charge in [-0.3, -0.25) is 0 Å². The Morgan fingerprint density at radius 2 is 1.88 bits per heavy atom. The highest BCUT2D eigenvalue weighted by molar-refractivity contribution is 9.09. The third-order valence-corrected chi connectivity index (χ3v) is 4.79. The summed E-state index contributed by atoms with van der Waals surface area (Å²) in [6, 6.07) is 4.08. The van der Waals surface area contributed by atoms with Crippen molar-refractivity contribution >= 4 is 15.9 Å². The topological polar surface area (TPSA) is 0 Å². The molecular formula is C13H15BrF2. The zero-order valence-electron chi connectivity index (χ0n) is 9.27. The summed E-state index contributed by atoms with van der Waals surface area (Å²) in [5, 5.41) is 0.790. The largest absolute Gasteiger partial charge is 0.207 e. The maximum atomic E-state index is 13.5. The molecule has 0 saturated heterocycles. The molecule has 2 rings (SSSR count). The van der Waals surface area contributed by atoms with Crippen molar-refractivity contribution in [1.82, 2.24) is 0 Å². The first-order chi connectivity index (χ1) is 7.57. The molecule has 1 aliphatic carbocycles. The van der Waals surface area contributed by atoms with Gasteiger partial charge in [-0.05, 0) is 42.7 Å². The smallest absolute Gasteiger partial charge is 0.129 e. The van der Waals surface area contributed by atoms with E-state index in [2.05, 4.69) is 22.9 Å². The predicted octanol–water partition coefficient (Wildman–Crippen LogP) is 4.32. The van der Waals surface area contributed by atoms with Gasteiger partial charge in [0.2, 0.25) is 0 Å². The fraction of sp³-hybridized carbons (Fsp3) is 0.538. The van der Waals surface area contributed by atoms with E-state index in [4.69, 9.17) is 0 Å². The van der Waals surface area contributed by atoms with Crippen molar-refractivity contribution in [2.45, 2.75) is 26.2 Å². The van der Waals surface area contributed by atoms with Crippen molar-refractivity contribution in [2.75, 3.05) is 5.33 Å². The second-order valence-electron chi connectivity index (χ2n) is 4.94. The molecule has 1 aliphatic rings. The first kappa shape index (κ1) is 12.0. The highest BCUT2D eigenvalue weighted by Gasteiger charge is 2.41. The standard InChI is InChI=1S/C13H15BrF2/c1-13(8-14,9-5-6-9)7-10-11(15)3-2-4-12(10)16/h2-4,9H,5-8H2,1H3. The molecule has 88 valence electrons. The minimum Gasteiger partial charge on any atom is -0.207 e. The van der Waals surface area contributed by atoms with Gasteiger partial charge in [-0.2, -0.15) is 0 Å². The van der Waals surface area contributed by atoms with Crippen LogP contribution in [0.5, 0.6) is 0 Å². The van der Waals surface area contributed by atoms with Crippen LogP contribution in [0.3, 0.4) is 0 Å². The van der Waals surface area contributed by atoms with Gasteiger partial charge in [0.25, 0.3) is 0 Å². The first-order valence-electron chi connectivity index (χ1n) is 5.56. The van der Waals surface area contributed by atoms with Crippen LogP contribution in [0, 0.1) is 23.0 Å². The Hall–Kier alpha value is -0.440. The number of hydrogen-bond acceptors (Lipinski definition) is 0. The maximum Gasteiger partial charge on any atom is 0.129 e. The van der Waals surface area contributed by atoms with Gasteiger partial charge in [0.05, 0.1) is 0 Å². The van der Waals surface area contributed by atoms with E-state index in [1.54, 1.807) is 0 Å². The predicted molar refractivity (Wildman–Crippen MR) is 64.7 cm³/mol. The highest BCUT2D eigenvalue weighted by atomic mass is 79.9. The summed E-state index contributed by atoms with van der Waals surface area (Å²) in [5.74, 6) is -0.244. The minimum atomic E-state index is -0.423. The lowest BCUT2D eigenvalue weighted by molar-refractivity contribution is 0.309. The molecule has 1 aromatic rings. The van der Waals surface area contributed by atoms with E-state index in [0.29, 0.717) is 12.3 Å². The van der Waals surface area contributed by atoms with Crippen molar-refractivity contribution in [3.8, 4) is 0 Å². The van der Waals surface area contributed by atoms with Gasteiger partial charge in [-0.15, -0.1) is 0 Å². The molecule has 1 saturated carbocycles. The van der Waals surface area contributed by atoms with Crippen molar-refractivity contribution in [3.63, 3.8) is 0 Å². The number of alkyl halides is 1. The number of halogens is 3. The Balaban J connectivity index is 2.25.